The number of nitrogens with one attached hydrogen (secondary N) is 2. The van der Waals surface area contributed by atoms with Crippen LogP contribution < -0.4 is 10.6 Å². The first-order valence-corrected chi connectivity index (χ1v) is 3.15. The molecule has 4 nitrogen and oxygen atoms in total. The highest BCUT2D eigenvalue weighted by molar-refractivity contribution is 5.78. The summed E-state index contributed by atoms with van der Waals surface area (Å²) < 4.78 is 0. The van der Waals surface area contributed by atoms with E-state index in [0.29, 0.717) is 12.4 Å². The summed E-state index contributed by atoms with van der Waals surface area (Å²) in [6.07, 6.45) is 1.64. The van der Waals surface area contributed by atoms with Crippen molar-refractivity contribution in [2.24, 2.45) is 4.99 Å². The Labute approximate surface area is 64.7 Å². The minimum Gasteiger partial charge on any atom is -0.334 e. The average Bonchev–Trinajstić information content (AvgIpc) is 2.04. The largest absolute Gasteiger partial charge is 0.334 e. The molecule has 58 valence electrons. The molecule has 1 aliphatic heterocycles. The molecule has 0 unspecified atom stereocenters. The first kappa shape index (κ1) is 7.53. The Bertz CT molecular complexity index is 242. The monoisotopic (exact) mass is 151 g/mol. The summed E-state index contributed by atoms with van der Waals surface area (Å²) in [5.74, 6) is 0.490. The van der Waals surface area contributed by atoms with E-state index < -0.39 is 0 Å². The van der Waals surface area contributed by atoms with Crippen LogP contribution in [0.5, 0.6) is 0 Å². The van der Waals surface area contributed by atoms with Crippen molar-refractivity contribution in [2.75, 3.05) is 6.54 Å². The summed E-state index contributed by atoms with van der Waals surface area (Å²) in [4.78, 5) is 14.4. The molecule has 1 rings (SSSR count). The van der Waals surface area contributed by atoms with Crippen LogP contribution in [0.3, 0.4) is 0 Å². The number of amides is 2. The zero-order valence-corrected chi connectivity index (χ0v) is 6.05. The molecule has 2 N–H and O–H groups in total. The number of rotatable bonds is 2. The number of hydrogen-bond donors (Lipinski definition) is 2. The third-order valence-electron chi connectivity index (χ3n) is 1.38. The topological polar surface area (TPSA) is 53.5 Å². The number of carbonyl (C=O) groups excluding carboxylic acids is 1. The Balaban J connectivity index is 2.91. The third-order valence-corrected chi connectivity index (χ3v) is 1.38. The van der Waals surface area contributed by atoms with Gasteiger partial charge >= 0.3 is 6.03 Å². The molecule has 0 aromatic carbocycles. The van der Waals surface area contributed by atoms with Gasteiger partial charge in [-0.05, 0) is 6.72 Å². The molecule has 0 saturated heterocycles. The molecule has 0 spiro atoms. The van der Waals surface area contributed by atoms with Crippen molar-refractivity contribution in [3.63, 3.8) is 0 Å². The molecule has 4 heteroatoms. The number of nitrogens with zero attached hydrogens (tertiary/aromatic N) is 1. The molecule has 0 fully saturated rings. The van der Waals surface area contributed by atoms with Crippen LogP contribution in [0.1, 0.15) is 0 Å². The van der Waals surface area contributed by atoms with E-state index in [-0.39, 0.29) is 6.03 Å². The van der Waals surface area contributed by atoms with E-state index in [4.69, 9.17) is 0 Å². The summed E-state index contributed by atoms with van der Waals surface area (Å²) in [6.45, 7) is 7.35. The summed E-state index contributed by atoms with van der Waals surface area (Å²) in [5.41, 5.74) is 0.847. The predicted molar refractivity (Wildman–Crippen MR) is 43.3 cm³/mol. The summed E-state index contributed by atoms with van der Waals surface area (Å²) in [7, 11) is 0. The van der Waals surface area contributed by atoms with Gasteiger partial charge in [0.05, 0.1) is 0 Å². The lowest BCUT2D eigenvalue weighted by Crippen LogP contribution is -2.41. The summed E-state index contributed by atoms with van der Waals surface area (Å²) >= 11 is 0. The van der Waals surface area contributed by atoms with E-state index in [9.17, 15) is 4.79 Å². The Hall–Kier alpha value is -1.58. The van der Waals surface area contributed by atoms with Crippen molar-refractivity contribution in [2.45, 2.75) is 0 Å². The quantitative estimate of drug-likeness (QED) is 0.551. The van der Waals surface area contributed by atoms with E-state index in [1.54, 1.807) is 6.08 Å². The molecule has 0 radical (unpaired) electrons. The van der Waals surface area contributed by atoms with E-state index in [2.05, 4.69) is 28.9 Å². The van der Waals surface area contributed by atoms with Gasteiger partial charge in [-0.2, -0.15) is 0 Å². The van der Waals surface area contributed by atoms with Gasteiger partial charge in [0.1, 0.15) is 5.82 Å². The van der Waals surface area contributed by atoms with Crippen LogP contribution in [0, 0.1) is 0 Å². The second kappa shape index (κ2) is 3.01. The van der Waals surface area contributed by atoms with E-state index >= 15 is 0 Å². The molecule has 0 aliphatic carbocycles. The number of aliphatic imine (C=N–C) groups is 1. The van der Waals surface area contributed by atoms with Crippen LogP contribution in [0.4, 0.5) is 4.79 Å². The van der Waals surface area contributed by atoms with Gasteiger partial charge in [-0.15, -0.1) is 0 Å². The molecule has 1 aliphatic rings. The lowest BCUT2D eigenvalue weighted by molar-refractivity contribution is 0.242. The van der Waals surface area contributed by atoms with Gasteiger partial charge in [-0.1, -0.05) is 12.7 Å². The van der Waals surface area contributed by atoms with Crippen LogP contribution in [0.15, 0.2) is 29.0 Å². The normalized spacial score (nSPS) is 16.9. The molecule has 0 saturated carbocycles. The van der Waals surface area contributed by atoms with Gasteiger partial charge in [0.25, 0.3) is 0 Å². The van der Waals surface area contributed by atoms with Crippen LogP contribution in [0.2, 0.25) is 0 Å². The fourth-order valence-electron chi connectivity index (χ4n) is 0.801. The van der Waals surface area contributed by atoms with E-state index in [1.807, 2.05) is 0 Å². The molecular weight excluding hydrogens is 142 g/mol. The molecule has 0 bridgehead atoms. The van der Waals surface area contributed by atoms with Crippen LogP contribution in [-0.2, 0) is 0 Å². The van der Waals surface area contributed by atoms with Crippen molar-refractivity contribution in [1.82, 2.24) is 10.6 Å². The molecule has 2 amide bonds. The summed E-state index contributed by atoms with van der Waals surface area (Å²) in [5, 5.41) is 5.08. The zero-order chi connectivity index (χ0) is 8.27. The molecule has 0 aromatic rings. The summed E-state index contributed by atoms with van der Waals surface area (Å²) in [6, 6.07) is -0.252. The minimum absolute atomic E-state index is 0.252. The van der Waals surface area contributed by atoms with Gasteiger partial charge in [-0.25, -0.2) is 9.79 Å². The second-order valence-corrected chi connectivity index (χ2v) is 2.04. The van der Waals surface area contributed by atoms with Gasteiger partial charge in [0.2, 0.25) is 0 Å². The lowest BCUT2D eigenvalue weighted by Gasteiger charge is -2.16. The van der Waals surface area contributed by atoms with Gasteiger partial charge in [0, 0.05) is 12.1 Å². The Morgan fingerprint density at radius 2 is 2.36 bits per heavy atom. The average molecular weight is 151 g/mol. The van der Waals surface area contributed by atoms with Gasteiger partial charge < -0.3 is 5.32 Å². The Morgan fingerprint density at radius 3 is 2.91 bits per heavy atom. The fourth-order valence-corrected chi connectivity index (χ4v) is 0.801. The highest BCUT2D eigenvalue weighted by Gasteiger charge is 2.12. The van der Waals surface area contributed by atoms with E-state index in [0.717, 1.165) is 5.57 Å². The smallest absolute Gasteiger partial charge is 0.320 e. The lowest BCUT2D eigenvalue weighted by atomic mass is 10.2. The van der Waals surface area contributed by atoms with Crippen molar-refractivity contribution < 1.29 is 4.79 Å². The molecule has 0 atom stereocenters. The van der Waals surface area contributed by atoms with Crippen molar-refractivity contribution in [3.05, 3.63) is 24.0 Å². The molecular formula is C7H9N3O. The first-order valence-electron chi connectivity index (χ1n) is 3.15. The Kier molecular flexibility index (Phi) is 2.06. The highest BCUT2D eigenvalue weighted by atomic mass is 16.2. The van der Waals surface area contributed by atoms with Crippen molar-refractivity contribution in [1.29, 1.82) is 0 Å². The van der Waals surface area contributed by atoms with Gasteiger partial charge in [-0.3, -0.25) is 5.32 Å². The molecule has 11 heavy (non-hydrogen) atoms. The van der Waals surface area contributed by atoms with Crippen LogP contribution >= 0.6 is 0 Å². The maximum atomic E-state index is 10.7. The number of carbonyl (C=O) groups is 1. The van der Waals surface area contributed by atoms with Crippen LogP contribution in [-0.4, -0.2) is 19.3 Å². The maximum Gasteiger partial charge on any atom is 0.320 e. The maximum absolute atomic E-state index is 10.7. The minimum atomic E-state index is -0.252. The van der Waals surface area contributed by atoms with Crippen LogP contribution in [0.25, 0.3) is 0 Å². The van der Waals surface area contributed by atoms with Crippen molar-refractivity contribution >= 4 is 12.7 Å². The van der Waals surface area contributed by atoms with E-state index in [1.165, 1.54) is 0 Å². The first-order chi connectivity index (χ1) is 5.27. The fraction of sp³-hybridized carbons (Fsp3) is 0.143. The third kappa shape index (κ3) is 1.46. The predicted octanol–water partition coefficient (Wildman–Crippen LogP) is 0.397. The van der Waals surface area contributed by atoms with Gasteiger partial charge in [0.15, 0.2) is 0 Å². The van der Waals surface area contributed by atoms with Crippen molar-refractivity contribution in [3.8, 4) is 0 Å². The standard InChI is InChI=1S/C7H9N3O/c1-3-5-4-9-7(11)10-6(5)8-2/h3H,1-2,4H2,(H2,9,10,11). The zero-order valence-electron chi connectivity index (χ0n) is 6.05. The molecule has 1 heterocycles. The number of hydrogen-bond acceptors (Lipinski definition) is 2. The highest BCUT2D eigenvalue weighted by Crippen LogP contribution is 2.05. The Morgan fingerprint density at radius 1 is 1.64 bits per heavy atom. The second-order valence-electron chi connectivity index (χ2n) is 2.04. The SMILES string of the molecule is C=CC1=C(N=C)NC(=O)NC1. The number of urea groups is 1. The molecule has 0 aromatic heterocycles.